The van der Waals surface area contributed by atoms with Crippen LogP contribution in [0, 0.1) is 0 Å². The number of thiazole rings is 1. The summed E-state index contributed by atoms with van der Waals surface area (Å²) in [6.07, 6.45) is 1.24. The number of aromatic nitrogens is 1. The number of carboxylic acids is 1. The SMILES string of the molecule is O=C(O)Cc1ncc(CF)s1. The molecule has 0 fully saturated rings. The van der Waals surface area contributed by atoms with Crippen molar-refractivity contribution >= 4 is 17.3 Å². The lowest BCUT2D eigenvalue weighted by Gasteiger charge is -1.85. The minimum Gasteiger partial charge on any atom is -0.481 e. The Morgan fingerprint density at radius 3 is 3.00 bits per heavy atom. The second kappa shape index (κ2) is 3.43. The monoisotopic (exact) mass is 175 g/mol. The van der Waals surface area contributed by atoms with Crippen LogP contribution in [0.4, 0.5) is 4.39 Å². The molecule has 1 heterocycles. The number of halogens is 1. The fraction of sp³-hybridized carbons (Fsp3) is 0.333. The predicted octanol–water partition coefficient (Wildman–Crippen LogP) is 1.24. The summed E-state index contributed by atoms with van der Waals surface area (Å²) in [6, 6.07) is 0. The smallest absolute Gasteiger partial charge is 0.310 e. The summed E-state index contributed by atoms with van der Waals surface area (Å²) in [7, 11) is 0. The largest absolute Gasteiger partial charge is 0.481 e. The third-order valence-corrected chi connectivity index (χ3v) is 2.00. The van der Waals surface area contributed by atoms with Crippen LogP contribution in [0.2, 0.25) is 0 Å². The van der Waals surface area contributed by atoms with E-state index in [2.05, 4.69) is 4.98 Å². The molecule has 0 radical (unpaired) electrons. The van der Waals surface area contributed by atoms with Crippen molar-refractivity contribution in [1.82, 2.24) is 4.98 Å². The van der Waals surface area contributed by atoms with Gasteiger partial charge in [-0.25, -0.2) is 9.37 Å². The molecule has 0 unspecified atom stereocenters. The first-order chi connectivity index (χ1) is 5.22. The lowest BCUT2D eigenvalue weighted by molar-refractivity contribution is -0.136. The van der Waals surface area contributed by atoms with E-state index in [9.17, 15) is 9.18 Å². The van der Waals surface area contributed by atoms with Crippen molar-refractivity contribution in [3.05, 3.63) is 16.1 Å². The zero-order valence-electron chi connectivity index (χ0n) is 5.58. The van der Waals surface area contributed by atoms with E-state index in [-0.39, 0.29) is 6.42 Å². The van der Waals surface area contributed by atoms with Crippen LogP contribution in [0.25, 0.3) is 0 Å². The van der Waals surface area contributed by atoms with Gasteiger partial charge in [-0.3, -0.25) is 4.79 Å². The normalized spacial score (nSPS) is 9.91. The van der Waals surface area contributed by atoms with Gasteiger partial charge in [-0.15, -0.1) is 11.3 Å². The first kappa shape index (κ1) is 8.13. The molecule has 0 atom stereocenters. The third-order valence-electron chi connectivity index (χ3n) is 1.04. The van der Waals surface area contributed by atoms with Gasteiger partial charge in [-0.1, -0.05) is 0 Å². The van der Waals surface area contributed by atoms with Crippen molar-refractivity contribution in [1.29, 1.82) is 0 Å². The molecule has 1 aromatic rings. The molecule has 0 spiro atoms. The van der Waals surface area contributed by atoms with E-state index < -0.39 is 12.6 Å². The number of hydrogen-bond acceptors (Lipinski definition) is 3. The van der Waals surface area contributed by atoms with Crippen LogP contribution >= 0.6 is 11.3 Å². The Hall–Kier alpha value is -0.970. The average molecular weight is 175 g/mol. The second-order valence-corrected chi connectivity index (χ2v) is 3.12. The molecule has 1 N–H and O–H groups in total. The Bertz CT molecular complexity index is 261. The molecule has 0 saturated heterocycles. The van der Waals surface area contributed by atoms with Crippen molar-refractivity contribution in [3.8, 4) is 0 Å². The van der Waals surface area contributed by atoms with E-state index in [4.69, 9.17) is 5.11 Å². The number of nitrogens with zero attached hydrogens (tertiary/aromatic N) is 1. The number of aliphatic carboxylic acids is 1. The lowest BCUT2D eigenvalue weighted by atomic mass is 10.5. The van der Waals surface area contributed by atoms with Crippen LogP contribution in [0.1, 0.15) is 9.88 Å². The topological polar surface area (TPSA) is 50.2 Å². The minimum atomic E-state index is -0.940. The predicted molar refractivity (Wildman–Crippen MR) is 38.3 cm³/mol. The first-order valence-electron chi connectivity index (χ1n) is 2.93. The van der Waals surface area contributed by atoms with Crippen molar-refractivity contribution in [2.24, 2.45) is 0 Å². The van der Waals surface area contributed by atoms with E-state index in [1.165, 1.54) is 6.20 Å². The van der Waals surface area contributed by atoms with Crippen LogP contribution in [0.3, 0.4) is 0 Å². The molecule has 0 aliphatic rings. The van der Waals surface area contributed by atoms with Crippen LogP contribution in [0.15, 0.2) is 6.20 Å². The van der Waals surface area contributed by atoms with E-state index in [1.807, 2.05) is 0 Å². The zero-order chi connectivity index (χ0) is 8.27. The molecule has 0 amide bonds. The van der Waals surface area contributed by atoms with Gasteiger partial charge in [0.15, 0.2) is 0 Å². The number of rotatable bonds is 3. The summed E-state index contributed by atoms with van der Waals surface area (Å²) >= 11 is 1.09. The Kier molecular flexibility index (Phi) is 2.53. The number of hydrogen-bond donors (Lipinski definition) is 1. The highest BCUT2D eigenvalue weighted by molar-refractivity contribution is 7.11. The maximum Gasteiger partial charge on any atom is 0.310 e. The molecule has 0 bridgehead atoms. The molecule has 1 aromatic heterocycles. The molecule has 0 aromatic carbocycles. The van der Waals surface area contributed by atoms with E-state index in [0.29, 0.717) is 9.88 Å². The van der Waals surface area contributed by atoms with Crippen LogP contribution in [0.5, 0.6) is 0 Å². The number of carbonyl (C=O) groups is 1. The van der Waals surface area contributed by atoms with Crippen molar-refractivity contribution < 1.29 is 14.3 Å². The molecule has 11 heavy (non-hydrogen) atoms. The van der Waals surface area contributed by atoms with Gasteiger partial charge in [0.2, 0.25) is 0 Å². The van der Waals surface area contributed by atoms with Gasteiger partial charge in [0.1, 0.15) is 11.7 Å². The van der Waals surface area contributed by atoms with Crippen LogP contribution in [-0.2, 0) is 17.9 Å². The Morgan fingerprint density at radius 2 is 2.55 bits per heavy atom. The molecule has 1 rings (SSSR count). The first-order valence-corrected chi connectivity index (χ1v) is 3.75. The van der Waals surface area contributed by atoms with Gasteiger partial charge < -0.3 is 5.11 Å². The van der Waals surface area contributed by atoms with Gasteiger partial charge in [0.05, 0.1) is 11.3 Å². The molecular formula is C6H6FNO2S. The lowest BCUT2D eigenvalue weighted by Crippen LogP contribution is -1.98. The van der Waals surface area contributed by atoms with Gasteiger partial charge in [0, 0.05) is 6.20 Å². The molecule has 5 heteroatoms. The highest BCUT2D eigenvalue weighted by Crippen LogP contribution is 2.13. The van der Waals surface area contributed by atoms with E-state index in [0.717, 1.165) is 11.3 Å². The summed E-state index contributed by atoms with van der Waals surface area (Å²) in [5.41, 5.74) is 0. The number of alkyl halides is 1. The summed E-state index contributed by atoms with van der Waals surface area (Å²) < 4.78 is 11.9. The van der Waals surface area contributed by atoms with Crippen molar-refractivity contribution in [2.45, 2.75) is 13.1 Å². The fourth-order valence-electron chi connectivity index (χ4n) is 0.621. The maximum absolute atomic E-state index is 11.9. The van der Waals surface area contributed by atoms with Crippen LogP contribution in [-0.4, -0.2) is 16.1 Å². The quantitative estimate of drug-likeness (QED) is 0.751. The minimum absolute atomic E-state index is 0.120. The molecule has 0 aliphatic heterocycles. The Morgan fingerprint density at radius 1 is 1.82 bits per heavy atom. The molecule has 0 saturated carbocycles. The van der Waals surface area contributed by atoms with Gasteiger partial charge >= 0.3 is 5.97 Å². The van der Waals surface area contributed by atoms with Crippen LogP contribution < -0.4 is 0 Å². The zero-order valence-corrected chi connectivity index (χ0v) is 6.40. The van der Waals surface area contributed by atoms with Crippen molar-refractivity contribution in [3.63, 3.8) is 0 Å². The molecular weight excluding hydrogens is 169 g/mol. The molecule has 3 nitrogen and oxygen atoms in total. The molecule has 0 aliphatic carbocycles. The fourth-order valence-corrected chi connectivity index (χ4v) is 1.38. The number of carboxylic acid groups (broad SMARTS) is 1. The van der Waals surface area contributed by atoms with E-state index in [1.54, 1.807) is 0 Å². The Labute approximate surface area is 66.5 Å². The highest BCUT2D eigenvalue weighted by atomic mass is 32.1. The van der Waals surface area contributed by atoms with Crippen molar-refractivity contribution in [2.75, 3.05) is 0 Å². The molecule has 60 valence electrons. The second-order valence-electron chi connectivity index (χ2n) is 1.92. The standard InChI is InChI=1S/C6H6FNO2S/c7-2-4-3-8-5(11-4)1-6(9)10/h3H,1-2H2,(H,9,10). The summed E-state index contributed by atoms with van der Waals surface area (Å²) in [5, 5.41) is 8.77. The van der Waals surface area contributed by atoms with Gasteiger partial charge in [-0.05, 0) is 0 Å². The summed E-state index contributed by atoms with van der Waals surface area (Å²) in [4.78, 5) is 14.3. The summed E-state index contributed by atoms with van der Waals surface area (Å²) in [6.45, 7) is -0.572. The summed E-state index contributed by atoms with van der Waals surface area (Å²) in [5.74, 6) is -0.940. The maximum atomic E-state index is 11.9. The highest BCUT2D eigenvalue weighted by Gasteiger charge is 2.05. The third kappa shape index (κ3) is 2.27. The Balaban J connectivity index is 2.65. The van der Waals surface area contributed by atoms with Gasteiger partial charge in [0.25, 0.3) is 0 Å². The average Bonchev–Trinajstić information content (AvgIpc) is 2.34. The van der Waals surface area contributed by atoms with Gasteiger partial charge in [-0.2, -0.15) is 0 Å². The van der Waals surface area contributed by atoms with E-state index >= 15 is 0 Å².